The molecule has 0 saturated heterocycles. The summed E-state index contributed by atoms with van der Waals surface area (Å²) in [6, 6.07) is 3.24. The van der Waals surface area contributed by atoms with E-state index in [9.17, 15) is 0 Å². The molecule has 0 aromatic heterocycles. The lowest BCUT2D eigenvalue weighted by Gasteiger charge is -2.06. The predicted octanol–water partition coefficient (Wildman–Crippen LogP) is 5.09. The fourth-order valence-corrected chi connectivity index (χ4v) is 1.92. The van der Waals surface area contributed by atoms with Crippen molar-refractivity contribution in [3.8, 4) is 0 Å². The van der Waals surface area contributed by atoms with Crippen LogP contribution in [-0.2, 0) is 0 Å². The Bertz CT molecular complexity index is 366. The molecule has 0 aliphatic rings. The summed E-state index contributed by atoms with van der Waals surface area (Å²) in [5.74, 6) is 0.571. The summed E-state index contributed by atoms with van der Waals surface area (Å²) in [5.41, 5.74) is 3.39. The third kappa shape index (κ3) is 4.20. The first-order valence-electron chi connectivity index (χ1n) is 4.92. The van der Waals surface area contributed by atoms with Gasteiger partial charge >= 0.3 is 0 Å². The van der Waals surface area contributed by atoms with Crippen molar-refractivity contribution in [1.82, 2.24) is 0 Å². The first kappa shape index (κ1) is 13.6. The molecule has 0 unspecified atom stereocenters. The van der Waals surface area contributed by atoms with Gasteiger partial charge < -0.3 is 0 Å². The van der Waals surface area contributed by atoms with Crippen molar-refractivity contribution < 1.29 is 0 Å². The van der Waals surface area contributed by atoms with Crippen LogP contribution in [-0.4, -0.2) is 6.21 Å². The Kier molecular flexibility index (Phi) is 5.39. The number of hydrazone groups is 1. The van der Waals surface area contributed by atoms with Crippen LogP contribution in [0.3, 0.4) is 0 Å². The summed E-state index contributed by atoms with van der Waals surface area (Å²) in [4.78, 5) is 0. The van der Waals surface area contributed by atoms with Gasteiger partial charge in [-0.3, -0.25) is 5.43 Å². The van der Waals surface area contributed by atoms with Crippen LogP contribution >= 0.6 is 34.8 Å². The molecule has 0 aliphatic heterocycles. The lowest BCUT2D eigenvalue weighted by atomic mass is 10.2. The number of halogens is 3. The van der Waals surface area contributed by atoms with E-state index >= 15 is 0 Å². The molecule has 0 bridgehead atoms. The van der Waals surface area contributed by atoms with E-state index in [2.05, 4.69) is 24.4 Å². The lowest BCUT2D eigenvalue weighted by Crippen LogP contribution is -1.94. The van der Waals surface area contributed by atoms with E-state index < -0.39 is 0 Å². The van der Waals surface area contributed by atoms with Crippen molar-refractivity contribution in [2.75, 3.05) is 5.43 Å². The molecule has 16 heavy (non-hydrogen) atoms. The molecular weight excluding hydrogens is 266 g/mol. The van der Waals surface area contributed by atoms with E-state index in [0.717, 1.165) is 6.42 Å². The molecule has 0 aliphatic carbocycles. The summed E-state index contributed by atoms with van der Waals surface area (Å²) in [6.45, 7) is 4.24. The quantitative estimate of drug-likeness (QED) is 0.602. The van der Waals surface area contributed by atoms with Gasteiger partial charge in [0.1, 0.15) is 0 Å². The van der Waals surface area contributed by atoms with Gasteiger partial charge in [-0.2, -0.15) is 5.10 Å². The van der Waals surface area contributed by atoms with Crippen molar-refractivity contribution in [3.05, 3.63) is 27.2 Å². The third-order valence-corrected chi connectivity index (χ3v) is 2.67. The minimum Gasteiger partial charge on any atom is -0.276 e. The molecule has 0 radical (unpaired) electrons. The number of hydrogen-bond acceptors (Lipinski definition) is 2. The SMILES string of the molecule is CC(C)C/C=N/Nc1c(Cl)cc(Cl)cc1Cl. The maximum Gasteiger partial charge on any atom is 0.0935 e. The molecule has 0 fully saturated rings. The van der Waals surface area contributed by atoms with Crippen LogP contribution in [0.15, 0.2) is 17.2 Å². The number of nitrogens with zero attached hydrogens (tertiary/aromatic N) is 1. The summed E-state index contributed by atoms with van der Waals surface area (Å²) in [5, 5.41) is 5.47. The van der Waals surface area contributed by atoms with E-state index in [1.165, 1.54) is 0 Å². The highest BCUT2D eigenvalue weighted by Crippen LogP contribution is 2.33. The molecule has 0 spiro atoms. The van der Waals surface area contributed by atoms with Gasteiger partial charge in [-0.15, -0.1) is 0 Å². The topological polar surface area (TPSA) is 24.4 Å². The van der Waals surface area contributed by atoms with E-state index in [1.807, 2.05) is 0 Å². The van der Waals surface area contributed by atoms with E-state index in [1.54, 1.807) is 18.3 Å². The fraction of sp³-hybridized carbons (Fsp3) is 0.364. The van der Waals surface area contributed by atoms with Gasteiger partial charge in [0.15, 0.2) is 0 Å². The third-order valence-electron chi connectivity index (χ3n) is 1.85. The summed E-state index contributed by atoms with van der Waals surface area (Å²) in [6.07, 6.45) is 2.70. The van der Waals surface area contributed by atoms with E-state index in [0.29, 0.717) is 26.7 Å². The predicted molar refractivity (Wildman–Crippen MR) is 73.0 cm³/mol. The summed E-state index contributed by atoms with van der Waals surface area (Å²) >= 11 is 17.7. The molecule has 0 amide bonds. The second-order valence-electron chi connectivity index (χ2n) is 3.80. The van der Waals surface area contributed by atoms with Crippen LogP contribution in [0.2, 0.25) is 15.1 Å². The van der Waals surface area contributed by atoms with Crippen molar-refractivity contribution in [2.24, 2.45) is 11.0 Å². The normalized spacial score (nSPS) is 11.4. The molecule has 1 aromatic carbocycles. The second kappa shape index (κ2) is 6.33. The van der Waals surface area contributed by atoms with Crippen molar-refractivity contribution in [2.45, 2.75) is 20.3 Å². The minimum absolute atomic E-state index is 0.458. The standard InChI is InChI=1S/C11H13Cl3N2/c1-7(2)3-4-15-16-11-9(13)5-8(12)6-10(11)14/h4-7,16H,3H2,1-2H3/b15-4+. The monoisotopic (exact) mass is 278 g/mol. The van der Waals surface area contributed by atoms with Gasteiger partial charge in [0.25, 0.3) is 0 Å². The Balaban J connectivity index is 2.71. The average Bonchev–Trinajstić information content (AvgIpc) is 2.14. The number of rotatable bonds is 4. The average molecular weight is 280 g/mol. The first-order chi connectivity index (χ1) is 7.50. The molecule has 88 valence electrons. The van der Waals surface area contributed by atoms with Gasteiger partial charge in [0, 0.05) is 11.2 Å². The van der Waals surface area contributed by atoms with Gasteiger partial charge in [0.05, 0.1) is 15.7 Å². The van der Waals surface area contributed by atoms with Gasteiger partial charge in [-0.1, -0.05) is 48.7 Å². The van der Waals surface area contributed by atoms with E-state index in [-0.39, 0.29) is 0 Å². The lowest BCUT2D eigenvalue weighted by molar-refractivity contribution is 0.690. The summed E-state index contributed by atoms with van der Waals surface area (Å²) in [7, 11) is 0. The van der Waals surface area contributed by atoms with Crippen LogP contribution in [0, 0.1) is 5.92 Å². The first-order valence-corrected chi connectivity index (χ1v) is 6.06. The van der Waals surface area contributed by atoms with Crippen molar-refractivity contribution in [1.29, 1.82) is 0 Å². The zero-order valence-electron chi connectivity index (χ0n) is 9.10. The van der Waals surface area contributed by atoms with Crippen LogP contribution in [0.1, 0.15) is 20.3 Å². The number of hydrogen-bond donors (Lipinski definition) is 1. The highest BCUT2D eigenvalue weighted by atomic mass is 35.5. The highest BCUT2D eigenvalue weighted by Gasteiger charge is 2.06. The van der Waals surface area contributed by atoms with Crippen molar-refractivity contribution in [3.63, 3.8) is 0 Å². The molecule has 1 rings (SSSR count). The molecular formula is C11H13Cl3N2. The van der Waals surface area contributed by atoms with Crippen LogP contribution < -0.4 is 5.43 Å². The molecule has 1 N–H and O–H groups in total. The fourth-order valence-electron chi connectivity index (χ4n) is 1.02. The molecule has 2 nitrogen and oxygen atoms in total. The molecule has 1 aromatic rings. The zero-order valence-corrected chi connectivity index (χ0v) is 11.4. The Labute approximate surface area is 111 Å². The van der Waals surface area contributed by atoms with Crippen LogP contribution in [0.25, 0.3) is 0 Å². The highest BCUT2D eigenvalue weighted by molar-refractivity contribution is 6.41. The maximum atomic E-state index is 5.97. The minimum atomic E-state index is 0.458. The Hall–Kier alpha value is -0.440. The largest absolute Gasteiger partial charge is 0.276 e. The van der Waals surface area contributed by atoms with Crippen molar-refractivity contribution >= 4 is 46.7 Å². The Morgan fingerprint density at radius 3 is 2.31 bits per heavy atom. The van der Waals surface area contributed by atoms with E-state index in [4.69, 9.17) is 34.8 Å². The number of anilines is 1. The molecule has 0 heterocycles. The number of nitrogens with one attached hydrogen (secondary N) is 1. The van der Waals surface area contributed by atoms with Crippen LogP contribution in [0.4, 0.5) is 5.69 Å². The second-order valence-corrected chi connectivity index (χ2v) is 5.05. The van der Waals surface area contributed by atoms with Gasteiger partial charge in [0.2, 0.25) is 0 Å². The Morgan fingerprint density at radius 1 is 1.25 bits per heavy atom. The Morgan fingerprint density at radius 2 is 1.81 bits per heavy atom. The number of benzene rings is 1. The maximum absolute atomic E-state index is 5.97. The summed E-state index contributed by atoms with van der Waals surface area (Å²) < 4.78 is 0. The zero-order chi connectivity index (χ0) is 12.1. The molecule has 0 atom stereocenters. The molecule has 5 heteroatoms. The van der Waals surface area contributed by atoms with Gasteiger partial charge in [-0.25, -0.2) is 0 Å². The smallest absolute Gasteiger partial charge is 0.0935 e. The van der Waals surface area contributed by atoms with Gasteiger partial charge in [-0.05, 0) is 24.5 Å². The molecule has 0 saturated carbocycles. The van der Waals surface area contributed by atoms with Crippen LogP contribution in [0.5, 0.6) is 0 Å².